The van der Waals surface area contributed by atoms with E-state index in [4.69, 9.17) is 0 Å². The fraction of sp³-hybridized carbons (Fsp3) is 0. The number of anilines is 3. The van der Waals surface area contributed by atoms with Gasteiger partial charge in [-0.2, -0.15) is 0 Å². The lowest BCUT2D eigenvalue weighted by molar-refractivity contribution is 1.30. The number of thiophene rings is 1. The largest absolute Gasteiger partial charge is 0.310 e. The van der Waals surface area contributed by atoms with Gasteiger partial charge in [-0.25, -0.2) is 0 Å². The molecule has 0 aliphatic heterocycles. The van der Waals surface area contributed by atoms with E-state index in [0.717, 1.165) is 11.4 Å². The normalized spacial score (nSPS) is 11.5. The molecule has 0 atom stereocenters. The van der Waals surface area contributed by atoms with Gasteiger partial charge in [-0.1, -0.05) is 152 Å². The second-order valence-electron chi connectivity index (χ2n) is 13.3. The second-order valence-corrected chi connectivity index (χ2v) is 14.4. The average molecular weight is 680 g/mol. The summed E-state index contributed by atoms with van der Waals surface area (Å²) < 4.78 is 2.59. The van der Waals surface area contributed by atoms with E-state index in [1.165, 1.54) is 80.8 Å². The lowest BCUT2D eigenvalue weighted by atomic mass is 9.95. The van der Waals surface area contributed by atoms with Crippen LogP contribution in [0.25, 0.3) is 75.1 Å². The highest BCUT2D eigenvalue weighted by molar-refractivity contribution is 7.26. The summed E-state index contributed by atoms with van der Waals surface area (Å²) in [5.74, 6) is 0. The van der Waals surface area contributed by atoms with E-state index in [1.54, 1.807) is 0 Å². The van der Waals surface area contributed by atoms with Gasteiger partial charge in [0.1, 0.15) is 0 Å². The lowest BCUT2D eigenvalue weighted by Gasteiger charge is -2.27. The second kappa shape index (κ2) is 12.7. The van der Waals surface area contributed by atoms with Gasteiger partial charge in [0.15, 0.2) is 0 Å². The van der Waals surface area contributed by atoms with Crippen LogP contribution in [0.2, 0.25) is 0 Å². The van der Waals surface area contributed by atoms with Gasteiger partial charge in [-0.15, -0.1) is 11.3 Å². The summed E-state index contributed by atoms with van der Waals surface area (Å²) in [6.45, 7) is 0. The van der Waals surface area contributed by atoms with Crippen molar-refractivity contribution in [3.8, 4) is 33.4 Å². The number of benzene rings is 9. The van der Waals surface area contributed by atoms with Crippen molar-refractivity contribution >= 4 is 70.1 Å². The molecule has 10 rings (SSSR count). The van der Waals surface area contributed by atoms with Crippen molar-refractivity contribution in [1.29, 1.82) is 0 Å². The minimum absolute atomic E-state index is 1.12. The summed E-state index contributed by atoms with van der Waals surface area (Å²) >= 11 is 1.86. The highest BCUT2D eigenvalue weighted by Crippen LogP contribution is 2.45. The molecule has 10 aromatic rings. The lowest BCUT2D eigenvalue weighted by Crippen LogP contribution is -2.10. The summed E-state index contributed by atoms with van der Waals surface area (Å²) in [6, 6.07) is 72.9. The molecular weight excluding hydrogens is 647 g/mol. The van der Waals surface area contributed by atoms with E-state index >= 15 is 0 Å². The molecule has 0 saturated carbocycles. The third-order valence-electron chi connectivity index (χ3n) is 10.3. The maximum absolute atomic E-state index is 2.42. The highest BCUT2D eigenvalue weighted by atomic mass is 32.1. The molecule has 1 aromatic heterocycles. The molecule has 0 radical (unpaired) electrons. The Labute approximate surface area is 307 Å². The first-order valence-electron chi connectivity index (χ1n) is 17.8. The predicted octanol–water partition coefficient (Wildman–Crippen LogP) is 14.8. The Hall–Kier alpha value is -6.48. The zero-order chi connectivity index (χ0) is 34.4. The molecule has 1 nitrogen and oxygen atoms in total. The van der Waals surface area contributed by atoms with Crippen molar-refractivity contribution in [2.24, 2.45) is 0 Å². The van der Waals surface area contributed by atoms with Crippen LogP contribution in [-0.4, -0.2) is 0 Å². The molecule has 0 N–H and O–H groups in total. The number of hydrogen-bond acceptors (Lipinski definition) is 2. The van der Waals surface area contributed by atoms with E-state index in [2.05, 4.69) is 205 Å². The maximum atomic E-state index is 2.42. The first-order valence-corrected chi connectivity index (χ1v) is 18.6. The number of hydrogen-bond donors (Lipinski definition) is 0. The monoisotopic (exact) mass is 679 g/mol. The summed E-state index contributed by atoms with van der Waals surface area (Å²) in [5, 5.41) is 7.63. The fourth-order valence-electron chi connectivity index (χ4n) is 7.78. The molecule has 0 aliphatic rings. The Morgan fingerprint density at radius 3 is 1.52 bits per heavy atom. The van der Waals surface area contributed by atoms with Gasteiger partial charge in [-0.3, -0.25) is 0 Å². The Kier molecular flexibility index (Phi) is 7.41. The van der Waals surface area contributed by atoms with Crippen LogP contribution in [0.1, 0.15) is 0 Å². The molecule has 9 aromatic carbocycles. The summed E-state index contributed by atoms with van der Waals surface area (Å²) in [4.78, 5) is 2.42. The third kappa shape index (κ3) is 5.24. The smallest absolute Gasteiger partial charge is 0.0554 e. The number of rotatable bonds is 6. The molecule has 0 bridgehead atoms. The van der Waals surface area contributed by atoms with Crippen LogP contribution in [0, 0.1) is 0 Å². The van der Waals surface area contributed by atoms with Crippen molar-refractivity contribution in [2.45, 2.75) is 0 Å². The van der Waals surface area contributed by atoms with Crippen molar-refractivity contribution in [1.82, 2.24) is 0 Å². The summed E-state index contributed by atoms with van der Waals surface area (Å²) in [7, 11) is 0. The molecule has 0 unspecified atom stereocenters. The fourth-order valence-corrected chi connectivity index (χ4v) is 8.91. The van der Waals surface area contributed by atoms with Crippen LogP contribution < -0.4 is 4.90 Å². The Morgan fingerprint density at radius 2 is 0.827 bits per heavy atom. The van der Waals surface area contributed by atoms with Gasteiger partial charge in [0, 0.05) is 31.5 Å². The highest BCUT2D eigenvalue weighted by Gasteiger charge is 2.19. The van der Waals surface area contributed by atoms with Crippen molar-refractivity contribution in [3.05, 3.63) is 200 Å². The molecule has 0 aliphatic carbocycles. The van der Waals surface area contributed by atoms with Gasteiger partial charge in [-0.05, 0) is 103 Å². The molecule has 0 amide bonds. The SMILES string of the molecule is c1cc(-c2ccc(N(c3ccc(-c4cccc5ccccc45)cc3)c3cccc4sc5ccccc5c34)cc2)cc(-c2cccc3ccccc23)c1. The van der Waals surface area contributed by atoms with Crippen LogP contribution in [0.4, 0.5) is 17.1 Å². The first kappa shape index (κ1) is 30.4. The molecular formula is C50H33NS. The zero-order valence-corrected chi connectivity index (χ0v) is 29.2. The first-order chi connectivity index (χ1) is 25.8. The van der Waals surface area contributed by atoms with Gasteiger partial charge < -0.3 is 4.90 Å². The van der Waals surface area contributed by atoms with Crippen LogP contribution in [-0.2, 0) is 0 Å². The topological polar surface area (TPSA) is 3.24 Å². The minimum Gasteiger partial charge on any atom is -0.310 e. The van der Waals surface area contributed by atoms with Gasteiger partial charge in [0.05, 0.1) is 5.69 Å². The van der Waals surface area contributed by atoms with Crippen LogP contribution in [0.3, 0.4) is 0 Å². The molecule has 1 heterocycles. The standard InChI is InChI=1S/C50H33NS/c1-3-17-42-35(11-1)13-8-20-44(42)37-27-31-41(32-28-37)51(47-22-10-24-49-50(47)46-19-5-6-23-48(46)52-49)40-29-25-34(26-30-40)38-15-7-16-39(33-38)45-21-9-14-36-12-2-4-18-43(36)45/h1-33H. The van der Waals surface area contributed by atoms with Gasteiger partial charge in [0.2, 0.25) is 0 Å². The van der Waals surface area contributed by atoms with E-state index in [9.17, 15) is 0 Å². The number of fused-ring (bicyclic) bond motifs is 5. The van der Waals surface area contributed by atoms with E-state index in [0.29, 0.717) is 0 Å². The number of nitrogens with zero attached hydrogens (tertiary/aromatic N) is 1. The van der Waals surface area contributed by atoms with Crippen molar-refractivity contribution in [2.75, 3.05) is 4.90 Å². The van der Waals surface area contributed by atoms with Crippen molar-refractivity contribution in [3.63, 3.8) is 0 Å². The average Bonchev–Trinajstić information content (AvgIpc) is 3.61. The minimum atomic E-state index is 1.12. The molecule has 0 spiro atoms. The van der Waals surface area contributed by atoms with Crippen LogP contribution >= 0.6 is 11.3 Å². The summed E-state index contributed by atoms with van der Waals surface area (Å²) in [5.41, 5.74) is 10.8. The van der Waals surface area contributed by atoms with Gasteiger partial charge in [0.25, 0.3) is 0 Å². The molecule has 0 fully saturated rings. The maximum Gasteiger partial charge on any atom is 0.0554 e. The van der Waals surface area contributed by atoms with Crippen LogP contribution in [0.15, 0.2) is 200 Å². The van der Waals surface area contributed by atoms with Crippen LogP contribution in [0.5, 0.6) is 0 Å². The molecule has 244 valence electrons. The van der Waals surface area contributed by atoms with Gasteiger partial charge >= 0.3 is 0 Å². The van der Waals surface area contributed by atoms with E-state index < -0.39 is 0 Å². The third-order valence-corrected chi connectivity index (χ3v) is 11.4. The molecule has 52 heavy (non-hydrogen) atoms. The van der Waals surface area contributed by atoms with Crippen molar-refractivity contribution < 1.29 is 0 Å². The Balaban J connectivity index is 1.08. The summed E-state index contributed by atoms with van der Waals surface area (Å²) in [6.07, 6.45) is 0. The zero-order valence-electron chi connectivity index (χ0n) is 28.4. The molecule has 2 heteroatoms. The predicted molar refractivity (Wildman–Crippen MR) is 225 cm³/mol. The van der Waals surface area contributed by atoms with E-state index in [1.807, 2.05) is 11.3 Å². The quantitative estimate of drug-likeness (QED) is 0.169. The Bertz CT molecular complexity index is 2890. The van der Waals surface area contributed by atoms with E-state index in [-0.39, 0.29) is 0 Å². The molecule has 0 saturated heterocycles. The Morgan fingerprint density at radius 1 is 0.327 bits per heavy atom.